The van der Waals surface area contributed by atoms with Gasteiger partial charge in [0.15, 0.2) is 11.5 Å². The molecule has 4 nitrogen and oxygen atoms in total. The second kappa shape index (κ2) is 5.19. The van der Waals surface area contributed by atoms with Crippen molar-refractivity contribution in [1.82, 2.24) is 4.98 Å². The SMILES string of the molecule is COc1ccc2oc(CCC(C)CN)nc2c1. The maximum atomic E-state index is 5.65. The van der Waals surface area contributed by atoms with Crippen LogP contribution in [0.25, 0.3) is 11.1 Å². The lowest BCUT2D eigenvalue weighted by molar-refractivity contribution is 0.415. The summed E-state index contributed by atoms with van der Waals surface area (Å²) < 4.78 is 10.8. The fraction of sp³-hybridized carbons (Fsp3) is 0.462. The molecule has 0 radical (unpaired) electrons. The third kappa shape index (κ3) is 2.77. The molecule has 0 saturated heterocycles. The fourth-order valence-electron chi connectivity index (χ4n) is 1.68. The van der Waals surface area contributed by atoms with Gasteiger partial charge in [-0.15, -0.1) is 0 Å². The molecular formula is C13H18N2O2. The molecule has 0 aliphatic heterocycles. The lowest BCUT2D eigenvalue weighted by atomic mass is 10.1. The molecule has 0 amide bonds. The summed E-state index contributed by atoms with van der Waals surface area (Å²) in [5.41, 5.74) is 7.24. The molecule has 0 aliphatic carbocycles. The molecule has 2 aromatic rings. The number of aromatic nitrogens is 1. The van der Waals surface area contributed by atoms with Crippen molar-refractivity contribution in [2.75, 3.05) is 13.7 Å². The predicted octanol–water partition coefficient (Wildman–Crippen LogP) is 2.36. The van der Waals surface area contributed by atoms with Crippen molar-refractivity contribution in [2.24, 2.45) is 11.7 Å². The van der Waals surface area contributed by atoms with Crippen LogP contribution in [-0.2, 0) is 6.42 Å². The van der Waals surface area contributed by atoms with Gasteiger partial charge in [0.2, 0.25) is 0 Å². The molecule has 0 bridgehead atoms. The van der Waals surface area contributed by atoms with Gasteiger partial charge >= 0.3 is 0 Å². The van der Waals surface area contributed by atoms with Crippen molar-refractivity contribution in [1.29, 1.82) is 0 Å². The molecule has 2 rings (SSSR count). The van der Waals surface area contributed by atoms with Crippen molar-refractivity contribution >= 4 is 11.1 Å². The Balaban J connectivity index is 2.14. The molecule has 1 aromatic heterocycles. The molecule has 1 heterocycles. The maximum absolute atomic E-state index is 5.65. The van der Waals surface area contributed by atoms with E-state index >= 15 is 0 Å². The Morgan fingerprint density at radius 1 is 1.47 bits per heavy atom. The van der Waals surface area contributed by atoms with Crippen molar-refractivity contribution in [2.45, 2.75) is 19.8 Å². The van der Waals surface area contributed by atoms with Crippen molar-refractivity contribution in [3.63, 3.8) is 0 Å². The lowest BCUT2D eigenvalue weighted by Crippen LogP contribution is -2.11. The van der Waals surface area contributed by atoms with E-state index < -0.39 is 0 Å². The van der Waals surface area contributed by atoms with E-state index in [0.29, 0.717) is 12.5 Å². The largest absolute Gasteiger partial charge is 0.497 e. The minimum absolute atomic E-state index is 0.500. The standard InChI is InChI=1S/C13H18N2O2/c1-9(8-14)3-6-13-15-11-7-10(16-2)4-5-12(11)17-13/h4-5,7,9H,3,6,8,14H2,1-2H3. The first-order chi connectivity index (χ1) is 8.22. The second-order valence-electron chi connectivity index (χ2n) is 4.32. The number of fused-ring (bicyclic) bond motifs is 1. The number of hydrogen-bond acceptors (Lipinski definition) is 4. The summed E-state index contributed by atoms with van der Waals surface area (Å²) >= 11 is 0. The summed E-state index contributed by atoms with van der Waals surface area (Å²) in [6.45, 7) is 2.83. The normalized spacial score (nSPS) is 12.9. The van der Waals surface area contributed by atoms with E-state index in [-0.39, 0.29) is 0 Å². The molecular weight excluding hydrogens is 216 g/mol. The van der Waals surface area contributed by atoms with Gasteiger partial charge in [0, 0.05) is 12.5 Å². The fourth-order valence-corrected chi connectivity index (χ4v) is 1.68. The Hall–Kier alpha value is -1.55. The third-order valence-electron chi connectivity index (χ3n) is 2.89. The van der Waals surface area contributed by atoms with Crippen molar-refractivity contribution in [3.05, 3.63) is 24.1 Å². The summed E-state index contributed by atoms with van der Waals surface area (Å²) in [5, 5.41) is 0. The number of rotatable bonds is 5. The lowest BCUT2D eigenvalue weighted by Gasteiger charge is -2.04. The number of hydrogen-bond donors (Lipinski definition) is 1. The zero-order valence-corrected chi connectivity index (χ0v) is 10.3. The maximum Gasteiger partial charge on any atom is 0.195 e. The van der Waals surface area contributed by atoms with Crippen LogP contribution in [0.5, 0.6) is 5.75 Å². The van der Waals surface area contributed by atoms with Gasteiger partial charge in [0.25, 0.3) is 0 Å². The minimum atomic E-state index is 0.500. The molecule has 1 aromatic carbocycles. The number of oxazole rings is 1. The Kier molecular flexibility index (Phi) is 3.64. The molecule has 17 heavy (non-hydrogen) atoms. The van der Waals surface area contributed by atoms with Crippen LogP contribution >= 0.6 is 0 Å². The summed E-state index contributed by atoms with van der Waals surface area (Å²) in [6.07, 6.45) is 1.83. The predicted molar refractivity (Wildman–Crippen MR) is 67.1 cm³/mol. The van der Waals surface area contributed by atoms with E-state index in [0.717, 1.165) is 35.6 Å². The van der Waals surface area contributed by atoms with Gasteiger partial charge in [0.05, 0.1) is 7.11 Å². The van der Waals surface area contributed by atoms with Crippen LogP contribution in [0.1, 0.15) is 19.2 Å². The molecule has 0 saturated carbocycles. The Morgan fingerprint density at radius 2 is 2.29 bits per heavy atom. The van der Waals surface area contributed by atoms with Gasteiger partial charge in [-0.1, -0.05) is 6.92 Å². The highest BCUT2D eigenvalue weighted by atomic mass is 16.5. The Bertz CT molecular complexity index is 493. The number of nitrogens with two attached hydrogens (primary N) is 1. The molecule has 0 spiro atoms. The zero-order chi connectivity index (χ0) is 12.3. The first-order valence-electron chi connectivity index (χ1n) is 5.86. The third-order valence-corrected chi connectivity index (χ3v) is 2.89. The first kappa shape index (κ1) is 11.9. The zero-order valence-electron chi connectivity index (χ0n) is 10.3. The van der Waals surface area contributed by atoms with E-state index in [9.17, 15) is 0 Å². The average molecular weight is 234 g/mol. The quantitative estimate of drug-likeness (QED) is 0.862. The number of ether oxygens (including phenoxy) is 1. The smallest absolute Gasteiger partial charge is 0.195 e. The van der Waals surface area contributed by atoms with Gasteiger partial charge in [-0.25, -0.2) is 4.98 Å². The molecule has 92 valence electrons. The molecule has 0 aliphatic rings. The Labute approximate surface area is 101 Å². The highest BCUT2D eigenvalue weighted by Gasteiger charge is 2.08. The van der Waals surface area contributed by atoms with Crippen LogP contribution in [0, 0.1) is 5.92 Å². The van der Waals surface area contributed by atoms with E-state index in [1.54, 1.807) is 7.11 Å². The van der Waals surface area contributed by atoms with Crippen LogP contribution in [0.4, 0.5) is 0 Å². The molecule has 4 heteroatoms. The van der Waals surface area contributed by atoms with E-state index in [4.69, 9.17) is 14.9 Å². The summed E-state index contributed by atoms with van der Waals surface area (Å²) in [5.74, 6) is 2.07. The second-order valence-corrected chi connectivity index (χ2v) is 4.32. The highest BCUT2D eigenvalue weighted by molar-refractivity contribution is 5.74. The van der Waals surface area contributed by atoms with Gasteiger partial charge in [0.1, 0.15) is 11.3 Å². The van der Waals surface area contributed by atoms with Gasteiger partial charge in [-0.3, -0.25) is 0 Å². The van der Waals surface area contributed by atoms with Crippen LogP contribution < -0.4 is 10.5 Å². The van der Waals surface area contributed by atoms with Crippen LogP contribution in [0.3, 0.4) is 0 Å². The summed E-state index contributed by atoms with van der Waals surface area (Å²) in [4.78, 5) is 4.44. The van der Waals surface area contributed by atoms with Gasteiger partial charge in [-0.2, -0.15) is 0 Å². The highest BCUT2D eigenvalue weighted by Crippen LogP contribution is 2.22. The first-order valence-corrected chi connectivity index (χ1v) is 5.86. The summed E-state index contributed by atoms with van der Waals surface area (Å²) in [6, 6.07) is 5.64. The molecule has 1 unspecified atom stereocenters. The molecule has 1 atom stereocenters. The monoisotopic (exact) mass is 234 g/mol. The van der Waals surface area contributed by atoms with Crippen LogP contribution in [0.15, 0.2) is 22.6 Å². The topological polar surface area (TPSA) is 61.3 Å². The van der Waals surface area contributed by atoms with E-state index in [1.165, 1.54) is 0 Å². The Morgan fingerprint density at radius 3 is 3.00 bits per heavy atom. The summed E-state index contributed by atoms with van der Waals surface area (Å²) in [7, 11) is 1.64. The number of nitrogens with zero attached hydrogens (tertiary/aromatic N) is 1. The van der Waals surface area contributed by atoms with Gasteiger partial charge < -0.3 is 14.9 Å². The van der Waals surface area contributed by atoms with E-state index in [2.05, 4.69) is 11.9 Å². The van der Waals surface area contributed by atoms with Gasteiger partial charge in [-0.05, 0) is 31.0 Å². The van der Waals surface area contributed by atoms with Crippen LogP contribution in [-0.4, -0.2) is 18.6 Å². The number of benzene rings is 1. The van der Waals surface area contributed by atoms with Crippen molar-refractivity contribution in [3.8, 4) is 5.75 Å². The number of methoxy groups -OCH3 is 1. The van der Waals surface area contributed by atoms with Crippen molar-refractivity contribution < 1.29 is 9.15 Å². The van der Waals surface area contributed by atoms with E-state index in [1.807, 2.05) is 18.2 Å². The minimum Gasteiger partial charge on any atom is -0.497 e. The number of aryl methyl sites for hydroxylation is 1. The molecule has 2 N–H and O–H groups in total. The molecule has 0 fully saturated rings. The average Bonchev–Trinajstić information content (AvgIpc) is 2.77. The van der Waals surface area contributed by atoms with Crippen LogP contribution in [0.2, 0.25) is 0 Å².